The van der Waals surface area contributed by atoms with Gasteiger partial charge in [0.25, 0.3) is 0 Å². The maximum absolute atomic E-state index is 5.77. The molecule has 2 aromatic heterocycles. The summed E-state index contributed by atoms with van der Waals surface area (Å²) in [6, 6.07) is 3.81. The first-order valence-electron chi connectivity index (χ1n) is 4.27. The zero-order chi connectivity index (χ0) is 10.7. The van der Waals surface area contributed by atoms with E-state index in [2.05, 4.69) is 24.3 Å². The van der Waals surface area contributed by atoms with Gasteiger partial charge in [-0.1, -0.05) is 11.6 Å². The molecule has 0 saturated heterocycles. The van der Waals surface area contributed by atoms with E-state index in [1.165, 1.54) is 0 Å². The van der Waals surface area contributed by atoms with Crippen LogP contribution in [0.1, 0.15) is 11.4 Å². The number of hydrogen-bond acceptors (Lipinski definition) is 6. The Labute approximate surface area is 95.8 Å². The summed E-state index contributed by atoms with van der Waals surface area (Å²) in [5, 5.41) is 11.4. The minimum Gasteiger partial charge on any atom is -0.361 e. The number of nitrogens with zero attached hydrogens (tertiary/aromatic N) is 4. The fourth-order valence-corrected chi connectivity index (χ4v) is 1.66. The topological polar surface area (TPSA) is 63.6 Å². The van der Waals surface area contributed by atoms with Crippen LogP contribution in [0, 0.1) is 6.92 Å². The van der Waals surface area contributed by atoms with E-state index in [1.807, 2.05) is 19.1 Å². The lowest BCUT2D eigenvalue weighted by molar-refractivity contribution is 0.896. The second-order valence-corrected chi connectivity index (χ2v) is 3.81. The highest BCUT2D eigenvalue weighted by Crippen LogP contribution is 2.18. The average molecular weight is 242 g/mol. The van der Waals surface area contributed by atoms with Crippen molar-refractivity contribution in [3.05, 3.63) is 28.7 Å². The summed E-state index contributed by atoms with van der Waals surface area (Å²) in [6.45, 7) is 2.43. The first-order chi connectivity index (χ1) is 7.25. The Kier molecular flexibility index (Phi) is 3.08. The summed E-state index contributed by atoms with van der Waals surface area (Å²) < 4.78 is 7.83. The SMILES string of the molecule is Cc1ccc(CNc2nsnc2Cl)nn1. The predicted molar refractivity (Wildman–Crippen MR) is 59.0 cm³/mol. The molecule has 0 fully saturated rings. The van der Waals surface area contributed by atoms with Crippen LogP contribution in [-0.2, 0) is 6.54 Å². The van der Waals surface area contributed by atoms with Gasteiger partial charge >= 0.3 is 0 Å². The van der Waals surface area contributed by atoms with E-state index in [1.54, 1.807) is 0 Å². The molecule has 15 heavy (non-hydrogen) atoms. The third-order valence-electron chi connectivity index (χ3n) is 1.74. The number of rotatable bonds is 3. The molecule has 0 bridgehead atoms. The quantitative estimate of drug-likeness (QED) is 0.889. The van der Waals surface area contributed by atoms with Crippen molar-refractivity contribution in [1.82, 2.24) is 18.9 Å². The molecule has 0 amide bonds. The van der Waals surface area contributed by atoms with Gasteiger partial charge < -0.3 is 5.32 Å². The molecule has 0 aliphatic rings. The average Bonchev–Trinajstić information content (AvgIpc) is 2.63. The molecule has 78 valence electrons. The smallest absolute Gasteiger partial charge is 0.186 e. The Morgan fingerprint density at radius 1 is 1.33 bits per heavy atom. The van der Waals surface area contributed by atoms with E-state index in [0.29, 0.717) is 17.5 Å². The summed E-state index contributed by atoms with van der Waals surface area (Å²) in [5.41, 5.74) is 1.73. The fraction of sp³-hybridized carbons (Fsp3) is 0.250. The zero-order valence-electron chi connectivity index (χ0n) is 7.94. The summed E-state index contributed by atoms with van der Waals surface area (Å²) >= 11 is 6.84. The van der Waals surface area contributed by atoms with Crippen molar-refractivity contribution < 1.29 is 0 Å². The summed E-state index contributed by atoms with van der Waals surface area (Å²) in [7, 11) is 0. The lowest BCUT2D eigenvalue weighted by Gasteiger charge is -2.01. The Morgan fingerprint density at radius 2 is 2.20 bits per heavy atom. The van der Waals surface area contributed by atoms with Crippen LogP contribution in [0.5, 0.6) is 0 Å². The number of anilines is 1. The van der Waals surface area contributed by atoms with Crippen molar-refractivity contribution in [1.29, 1.82) is 0 Å². The molecule has 2 heterocycles. The summed E-state index contributed by atoms with van der Waals surface area (Å²) in [4.78, 5) is 0. The number of aromatic nitrogens is 4. The van der Waals surface area contributed by atoms with Gasteiger partial charge in [0, 0.05) is 0 Å². The van der Waals surface area contributed by atoms with Gasteiger partial charge in [0.1, 0.15) is 0 Å². The lowest BCUT2D eigenvalue weighted by atomic mass is 10.3. The van der Waals surface area contributed by atoms with Crippen LogP contribution >= 0.6 is 23.3 Å². The van der Waals surface area contributed by atoms with Gasteiger partial charge in [-0.15, -0.1) is 0 Å². The normalized spacial score (nSPS) is 10.3. The van der Waals surface area contributed by atoms with E-state index < -0.39 is 0 Å². The van der Waals surface area contributed by atoms with Crippen molar-refractivity contribution in [2.75, 3.05) is 5.32 Å². The second-order valence-electron chi connectivity index (χ2n) is 2.92. The Balaban J connectivity index is 1.99. The van der Waals surface area contributed by atoms with Crippen LogP contribution in [0.3, 0.4) is 0 Å². The molecule has 0 saturated carbocycles. The van der Waals surface area contributed by atoms with Crippen LogP contribution in [0.4, 0.5) is 5.82 Å². The van der Waals surface area contributed by atoms with Gasteiger partial charge in [-0.25, -0.2) is 0 Å². The molecule has 0 aliphatic heterocycles. The third kappa shape index (κ3) is 2.60. The first-order valence-corrected chi connectivity index (χ1v) is 5.37. The van der Waals surface area contributed by atoms with E-state index in [-0.39, 0.29) is 0 Å². The van der Waals surface area contributed by atoms with Crippen molar-refractivity contribution in [3.8, 4) is 0 Å². The zero-order valence-corrected chi connectivity index (χ0v) is 9.51. The maximum atomic E-state index is 5.77. The molecular formula is C8H8ClN5S. The Hall–Kier alpha value is -1.27. The van der Waals surface area contributed by atoms with Crippen LogP contribution < -0.4 is 5.32 Å². The molecule has 7 heteroatoms. The maximum Gasteiger partial charge on any atom is 0.186 e. The van der Waals surface area contributed by atoms with E-state index in [9.17, 15) is 0 Å². The molecule has 1 N–H and O–H groups in total. The number of hydrogen-bond donors (Lipinski definition) is 1. The highest BCUT2D eigenvalue weighted by atomic mass is 35.5. The van der Waals surface area contributed by atoms with Crippen LogP contribution in [-0.4, -0.2) is 18.9 Å². The molecule has 0 unspecified atom stereocenters. The summed E-state index contributed by atoms with van der Waals surface area (Å²) in [5.74, 6) is 0.587. The van der Waals surface area contributed by atoms with Crippen molar-refractivity contribution in [2.24, 2.45) is 0 Å². The molecule has 2 rings (SSSR count). The van der Waals surface area contributed by atoms with Gasteiger partial charge in [-0.3, -0.25) is 0 Å². The molecule has 2 aromatic rings. The third-order valence-corrected chi connectivity index (χ3v) is 2.63. The lowest BCUT2D eigenvalue weighted by Crippen LogP contribution is -2.03. The molecule has 0 radical (unpaired) electrons. The minimum absolute atomic E-state index is 0.389. The number of aryl methyl sites for hydroxylation is 1. The molecule has 0 aromatic carbocycles. The predicted octanol–water partition coefficient (Wildman–Crippen LogP) is 1.90. The minimum atomic E-state index is 0.389. The van der Waals surface area contributed by atoms with Crippen LogP contribution in [0.2, 0.25) is 5.15 Å². The molecule has 0 spiro atoms. The number of nitrogens with one attached hydrogen (secondary N) is 1. The fourth-order valence-electron chi connectivity index (χ4n) is 0.978. The molecule has 0 atom stereocenters. The van der Waals surface area contributed by atoms with Crippen LogP contribution in [0.25, 0.3) is 0 Å². The molecule has 5 nitrogen and oxygen atoms in total. The highest BCUT2D eigenvalue weighted by molar-refractivity contribution is 6.99. The molecule has 0 aliphatic carbocycles. The van der Waals surface area contributed by atoms with Gasteiger partial charge in [-0.05, 0) is 19.1 Å². The first kappa shape index (κ1) is 10.3. The highest BCUT2D eigenvalue weighted by Gasteiger charge is 2.04. The van der Waals surface area contributed by atoms with E-state index >= 15 is 0 Å². The second kappa shape index (κ2) is 4.50. The van der Waals surface area contributed by atoms with E-state index in [0.717, 1.165) is 23.1 Å². The monoisotopic (exact) mass is 241 g/mol. The Morgan fingerprint density at radius 3 is 2.80 bits per heavy atom. The van der Waals surface area contributed by atoms with Crippen molar-refractivity contribution >= 4 is 29.1 Å². The number of halogens is 1. The van der Waals surface area contributed by atoms with Crippen LogP contribution in [0.15, 0.2) is 12.1 Å². The van der Waals surface area contributed by atoms with Gasteiger partial charge in [0.2, 0.25) is 0 Å². The standard InChI is InChI=1S/C8H8ClN5S/c1-5-2-3-6(12-11-5)4-10-8-7(9)13-15-14-8/h2-3H,4H2,1H3,(H,10,14). The van der Waals surface area contributed by atoms with Crippen molar-refractivity contribution in [2.45, 2.75) is 13.5 Å². The molecular weight excluding hydrogens is 234 g/mol. The van der Waals surface area contributed by atoms with E-state index in [4.69, 9.17) is 11.6 Å². The Bertz CT molecular complexity index is 441. The largest absolute Gasteiger partial charge is 0.361 e. The van der Waals surface area contributed by atoms with Gasteiger partial charge in [0.15, 0.2) is 11.0 Å². The van der Waals surface area contributed by atoms with Gasteiger partial charge in [0.05, 0.1) is 29.7 Å². The summed E-state index contributed by atoms with van der Waals surface area (Å²) in [6.07, 6.45) is 0. The van der Waals surface area contributed by atoms with Crippen molar-refractivity contribution in [3.63, 3.8) is 0 Å². The van der Waals surface area contributed by atoms with Gasteiger partial charge in [-0.2, -0.15) is 18.9 Å².